The minimum atomic E-state index is 0.100. The quantitative estimate of drug-likeness (QED) is 0.821. The van der Waals surface area contributed by atoms with Crippen molar-refractivity contribution in [2.75, 3.05) is 44.2 Å². The van der Waals surface area contributed by atoms with E-state index >= 15 is 0 Å². The molecule has 1 aliphatic heterocycles. The first-order valence-electron chi connectivity index (χ1n) is 8.38. The van der Waals surface area contributed by atoms with Crippen LogP contribution in [-0.4, -0.2) is 60.3 Å². The Morgan fingerprint density at radius 3 is 2.57 bits per heavy atom. The van der Waals surface area contributed by atoms with Crippen molar-refractivity contribution < 1.29 is 4.79 Å². The predicted molar refractivity (Wildman–Crippen MR) is 92.8 cm³/mol. The second-order valence-electron chi connectivity index (χ2n) is 5.79. The topological polar surface area (TPSA) is 61.4 Å². The van der Waals surface area contributed by atoms with Gasteiger partial charge in [0.05, 0.1) is 0 Å². The van der Waals surface area contributed by atoms with E-state index in [0.29, 0.717) is 5.15 Å². The number of amides is 1. The maximum atomic E-state index is 12.3. The fraction of sp³-hybridized carbons (Fsp3) is 0.688. The largest absolute Gasteiger partial charge is 0.355 e. The minimum absolute atomic E-state index is 0.100. The molecule has 0 aromatic carbocycles. The van der Waals surface area contributed by atoms with Crippen LogP contribution < -0.4 is 10.2 Å². The van der Waals surface area contributed by atoms with E-state index in [1.807, 2.05) is 6.07 Å². The van der Waals surface area contributed by atoms with Crippen LogP contribution in [0.3, 0.4) is 0 Å². The Kier molecular flexibility index (Phi) is 7.05. The highest BCUT2D eigenvalue weighted by molar-refractivity contribution is 6.29. The lowest BCUT2D eigenvalue weighted by Crippen LogP contribution is -2.42. The molecule has 7 heteroatoms. The first-order chi connectivity index (χ1) is 11.1. The molecule has 2 rings (SSSR count). The molecule has 1 amide bonds. The molecule has 128 valence electrons. The lowest BCUT2D eigenvalue weighted by atomic mass is 9.96. The van der Waals surface area contributed by atoms with Crippen LogP contribution in [0.4, 0.5) is 5.82 Å². The van der Waals surface area contributed by atoms with Gasteiger partial charge in [-0.25, -0.2) is 0 Å². The molecule has 1 aliphatic rings. The molecule has 1 aromatic rings. The van der Waals surface area contributed by atoms with Crippen molar-refractivity contribution in [1.29, 1.82) is 0 Å². The van der Waals surface area contributed by atoms with Crippen molar-refractivity contribution in [3.8, 4) is 0 Å². The maximum absolute atomic E-state index is 12.3. The number of anilines is 1. The van der Waals surface area contributed by atoms with Crippen LogP contribution in [0.5, 0.6) is 0 Å². The number of hydrogen-bond donors (Lipinski definition) is 1. The molecule has 0 bridgehead atoms. The van der Waals surface area contributed by atoms with Crippen molar-refractivity contribution >= 4 is 23.3 Å². The summed E-state index contributed by atoms with van der Waals surface area (Å²) in [5, 5.41) is 11.4. The third kappa shape index (κ3) is 5.32. The van der Waals surface area contributed by atoms with Crippen molar-refractivity contribution in [3.05, 3.63) is 17.3 Å². The fourth-order valence-corrected chi connectivity index (χ4v) is 2.97. The first-order valence-corrected chi connectivity index (χ1v) is 8.76. The lowest BCUT2D eigenvalue weighted by molar-refractivity contribution is -0.125. The highest BCUT2D eigenvalue weighted by Gasteiger charge is 2.25. The summed E-state index contributed by atoms with van der Waals surface area (Å²) in [4.78, 5) is 16.7. The summed E-state index contributed by atoms with van der Waals surface area (Å²) < 4.78 is 0. The van der Waals surface area contributed by atoms with Gasteiger partial charge in [0.1, 0.15) is 0 Å². The SMILES string of the molecule is CCN(CC)CCNC(=O)C1CCN(c2ccc(Cl)nn2)CC1. The fourth-order valence-electron chi connectivity index (χ4n) is 2.87. The van der Waals surface area contributed by atoms with E-state index in [0.717, 1.165) is 57.9 Å². The van der Waals surface area contributed by atoms with Gasteiger partial charge < -0.3 is 15.1 Å². The van der Waals surface area contributed by atoms with Gasteiger partial charge in [0.2, 0.25) is 5.91 Å². The highest BCUT2D eigenvalue weighted by Crippen LogP contribution is 2.22. The first kappa shape index (κ1) is 17.9. The predicted octanol–water partition coefficient (Wildman–Crippen LogP) is 1.80. The van der Waals surface area contributed by atoms with E-state index in [1.165, 1.54) is 0 Å². The number of carbonyl (C=O) groups is 1. The van der Waals surface area contributed by atoms with E-state index in [1.54, 1.807) is 6.07 Å². The summed E-state index contributed by atoms with van der Waals surface area (Å²) in [6.07, 6.45) is 1.70. The molecule has 1 N–H and O–H groups in total. The zero-order valence-corrected chi connectivity index (χ0v) is 14.7. The number of hydrogen-bond acceptors (Lipinski definition) is 5. The molecule has 0 saturated carbocycles. The molecule has 0 atom stereocenters. The Labute approximate surface area is 143 Å². The van der Waals surface area contributed by atoms with Gasteiger partial charge in [-0.15, -0.1) is 10.2 Å². The summed E-state index contributed by atoms with van der Waals surface area (Å²) in [6.45, 7) is 9.61. The highest BCUT2D eigenvalue weighted by atomic mass is 35.5. The number of carbonyl (C=O) groups excluding carboxylic acids is 1. The standard InChI is InChI=1S/C16H26ClN5O/c1-3-21(4-2)12-9-18-16(23)13-7-10-22(11-8-13)15-6-5-14(17)19-20-15/h5-6,13H,3-4,7-12H2,1-2H3,(H,18,23). The summed E-state index contributed by atoms with van der Waals surface area (Å²) in [6, 6.07) is 3.62. The van der Waals surface area contributed by atoms with E-state index in [4.69, 9.17) is 11.6 Å². The molecule has 1 saturated heterocycles. The van der Waals surface area contributed by atoms with E-state index in [2.05, 4.69) is 39.2 Å². The summed E-state index contributed by atoms with van der Waals surface area (Å²) in [5.41, 5.74) is 0. The Hall–Kier alpha value is -1.40. The van der Waals surface area contributed by atoms with Gasteiger partial charge in [-0.05, 0) is 38.1 Å². The van der Waals surface area contributed by atoms with Gasteiger partial charge in [0.25, 0.3) is 0 Å². The average molecular weight is 340 g/mol. The molecule has 1 aromatic heterocycles. The van der Waals surface area contributed by atoms with Gasteiger partial charge in [-0.3, -0.25) is 4.79 Å². The second-order valence-corrected chi connectivity index (χ2v) is 6.18. The zero-order valence-electron chi connectivity index (χ0n) is 14.0. The van der Waals surface area contributed by atoms with E-state index in [9.17, 15) is 4.79 Å². The molecule has 0 unspecified atom stereocenters. The molecular weight excluding hydrogens is 314 g/mol. The number of likely N-dealkylation sites (N-methyl/N-ethyl adjacent to an activating group) is 1. The van der Waals surface area contributed by atoms with Crippen molar-refractivity contribution in [3.63, 3.8) is 0 Å². The molecule has 2 heterocycles. The normalized spacial score (nSPS) is 15.9. The molecule has 0 spiro atoms. The van der Waals surface area contributed by atoms with Crippen LogP contribution in [0.15, 0.2) is 12.1 Å². The van der Waals surface area contributed by atoms with Crippen LogP contribution in [0.25, 0.3) is 0 Å². The Morgan fingerprint density at radius 2 is 2.00 bits per heavy atom. The number of aromatic nitrogens is 2. The number of nitrogens with one attached hydrogen (secondary N) is 1. The van der Waals surface area contributed by atoms with Gasteiger partial charge in [0, 0.05) is 32.1 Å². The maximum Gasteiger partial charge on any atom is 0.223 e. The Bertz CT molecular complexity index is 484. The number of piperidine rings is 1. The number of nitrogens with zero attached hydrogens (tertiary/aromatic N) is 4. The van der Waals surface area contributed by atoms with Crippen LogP contribution in [0.1, 0.15) is 26.7 Å². The molecule has 0 aliphatic carbocycles. The molecule has 1 fully saturated rings. The van der Waals surface area contributed by atoms with Crippen LogP contribution in [-0.2, 0) is 4.79 Å². The lowest BCUT2D eigenvalue weighted by Gasteiger charge is -2.32. The molecule has 23 heavy (non-hydrogen) atoms. The third-order valence-electron chi connectivity index (χ3n) is 4.43. The van der Waals surface area contributed by atoms with Crippen LogP contribution in [0, 0.1) is 5.92 Å². The van der Waals surface area contributed by atoms with Crippen LogP contribution in [0.2, 0.25) is 5.15 Å². The minimum Gasteiger partial charge on any atom is -0.355 e. The molecular formula is C16H26ClN5O. The van der Waals surface area contributed by atoms with Crippen LogP contribution >= 0.6 is 11.6 Å². The Morgan fingerprint density at radius 1 is 1.30 bits per heavy atom. The third-order valence-corrected chi connectivity index (χ3v) is 4.63. The molecule has 0 radical (unpaired) electrons. The van der Waals surface area contributed by atoms with Crippen molar-refractivity contribution in [1.82, 2.24) is 20.4 Å². The number of halogens is 1. The zero-order chi connectivity index (χ0) is 16.7. The van der Waals surface area contributed by atoms with Crippen molar-refractivity contribution in [2.45, 2.75) is 26.7 Å². The smallest absolute Gasteiger partial charge is 0.223 e. The summed E-state index contributed by atoms with van der Waals surface area (Å²) in [7, 11) is 0. The van der Waals surface area contributed by atoms with Gasteiger partial charge >= 0.3 is 0 Å². The van der Waals surface area contributed by atoms with Gasteiger partial charge in [-0.1, -0.05) is 25.4 Å². The average Bonchev–Trinajstić information content (AvgIpc) is 2.59. The van der Waals surface area contributed by atoms with Gasteiger partial charge in [-0.2, -0.15) is 0 Å². The molecule has 6 nitrogen and oxygen atoms in total. The van der Waals surface area contributed by atoms with Gasteiger partial charge in [0.15, 0.2) is 11.0 Å². The number of rotatable bonds is 7. The summed E-state index contributed by atoms with van der Waals surface area (Å²) >= 11 is 5.76. The van der Waals surface area contributed by atoms with E-state index in [-0.39, 0.29) is 11.8 Å². The Balaban J connectivity index is 1.73. The summed E-state index contributed by atoms with van der Waals surface area (Å²) in [5.74, 6) is 1.11. The monoisotopic (exact) mass is 339 g/mol. The van der Waals surface area contributed by atoms with E-state index < -0.39 is 0 Å². The second kappa shape index (κ2) is 9.03. The van der Waals surface area contributed by atoms with Crippen molar-refractivity contribution in [2.24, 2.45) is 5.92 Å².